The van der Waals surface area contributed by atoms with E-state index in [0.717, 1.165) is 6.08 Å². The normalized spacial score (nSPS) is 35.2. The topological polar surface area (TPSA) is 88.1 Å². The highest BCUT2D eigenvalue weighted by molar-refractivity contribution is 5.87. The van der Waals surface area contributed by atoms with E-state index < -0.39 is 72.9 Å². The van der Waals surface area contributed by atoms with E-state index in [-0.39, 0.29) is 0 Å². The van der Waals surface area contributed by atoms with E-state index in [1.807, 2.05) is 0 Å². The molecule has 3 heterocycles. The first kappa shape index (κ1) is 18.5. The molecule has 144 valence electrons. The van der Waals surface area contributed by atoms with Gasteiger partial charge in [0, 0.05) is 6.08 Å². The number of rotatable bonds is 5. The molecule has 3 aliphatic rings. The highest BCUT2D eigenvalue weighted by Crippen LogP contribution is 2.51. The predicted octanol–water partition coefficient (Wildman–Crippen LogP) is 0.764. The molecule has 6 atom stereocenters. The van der Waals surface area contributed by atoms with Gasteiger partial charge in [0.1, 0.15) is 24.0 Å². The van der Waals surface area contributed by atoms with Crippen LogP contribution in [0.2, 0.25) is 0 Å². The van der Waals surface area contributed by atoms with E-state index in [9.17, 15) is 36.3 Å². The molecule has 0 aliphatic carbocycles. The van der Waals surface area contributed by atoms with E-state index in [1.165, 1.54) is 0 Å². The van der Waals surface area contributed by atoms with Crippen LogP contribution in [0.3, 0.4) is 0 Å². The predicted molar refractivity (Wildman–Crippen MR) is 67.6 cm³/mol. The second kappa shape index (κ2) is 5.89. The van der Waals surface area contributed by atoms with Gasteiger partial charge in [0.2, 0.25) is 0 Å². The van der Waals surface area contributed by atoms with Crippen molar-refractivity contribution in [3.8, 4) is 0 Å². The van der Waals surface area contributed by atoms with E-state index >= 15 is 0 Å². The van der Waals surface area contributed by atoms with Crippen LogP contribution in [-0.2, 0) is 33.3 Å². The molecule has 0 aromatic carbocycles. The smallest absolute Gasteiger partial charge is 0.456 e. The fourth-order valence-electron chi connectivity index (χ4n) is 3.26. The first-order valence-corrected chi connectivity index (χ1v) is 7.28. The number of carbonyl (C=O) groups is 3. The van der Waals surface area contributed by atoms with Crippen LogP contribution in [0.4, 0.5) is 22.0 Å². The van der Waals surface area contributed by atoms with Crippen molar-refractivity contribution in [2.45, 2.75) is 36.5 Å². The summed E-state index contributed by atoms with van der Waals surface area (Å²) in [6, 6.07) is 0. The minimum absolute atomic E-state index is 0.803. The maximum atomic E-state index is 12.9. The molecule has 2 bridgehead atoms. The Bertz CT molecular complexity index is 661. The summed E-state index contributed by atoms with van der Waals surface area (Å²) in [6.07, 6.45) is -9.58. The highest BCUT2D eigenvalue weighted by Gasteiger charge is 2.72. The maximum Gasteiger partial charge on any atom is 0.456 e. The van der Waals surface area contributed by atoms with Crippen molar-refractivity contribution in [1.82, 2.24) is 0 Å². The Kier molecular flexibility index (Phi) is 4.20. The van der Waals surface area contributed by atoms with Crippen LogP contribution in [0.5, 0.6) is 0 Å². The first-order chi connectivity index (χ1) is 12.0. The van der Waals surface area contributed by atoms with Gasteiger partial charge in [-0.25, -0.2) is 4.79 Å². The number of hydrogen-bond acceptors (Lipinski definition) is 7. The van der Waals surface area contributed by atoms with Crippen LogP contribution < -0.4 is 0 Å². The number of ether oxygens (including phenoxy) is 4. The molecule has 3 rings (SSSR count). The van der Waals surface area contributed by atoms with Crippen molar-refractivity contribution in [3.63, 3.8) is 0 Å². The molecule has 3 saturated heterocycles. The summed E-state index contributed by atoms with van der Waals surface area (Å²) >= 11 is 0. The second-order valence-electron chi connectivity index (χ2n) is 5.93. The average molecular weight is 386 g/mol. The summed E-state index contributed by atoms with van der Waals surface area (Å²) in [7, 11) is 0. The summed E-state index contributed by atoms with van der Waals surface area (Å²) in [5, 5.41) is 0. The Balaban J connectivity index is 1.75. The van der Waals surface area contributed by atoms with Gasteiger partial charge in [-0.2, -0.15) is 22.0 Å². The average Bonchev–Trinajstić information content (AvgIpc) is 3.14. The molecule has 0 amide bonds. The minimum Gasteiger partial charge on any atom is -0.459 e. The summed E-state index contributed by atoms with van der Waals surface area (Å²) in [5.74, 6) is -11.3. The SMILES string of the molecule is C=CC(=O)OC1C2OC(=O)C3C2OC1C3C(=O)OCC(F)(F)C(F)(F)F. The molecule has 0 saturated carbocycles. The quantitative estimate of drug-likeness (QED) is 0.298. The summed E-state index contributed by atoms with van der Waals surface area (Å²) < 4.78 is 81.7. The lowest BCUT2D eigenvalue weighted by Crippen LogP contribution is -2.49. The molecule has 0 N–H and O–H groups in total. The summed E-state index contributed by atoms with van der Waals surface area (Å²) in [5.41, 5.74) is 0. The third kappa shape index (κ3) is 2.72. The lowest BCUT2D eigenvalue weighted by molar-refractivity contribution is -0.294. The molecule has 0 aromatic rings. The van der Waals surface area contributed by atoms with Crippen LogP contribution in [-0.4, -0.2) is 61.0 Å². The lowest BCUT2D eigenvalue weighted by atomic mass is 9.78. The maximum absolute atomic E-state index is 12.9. The van der Waals surface area contributed by atoms with Crippen LogP contribution in [0, 0.1) is 11.8 Å². The van der Waals surface area contributed by atoms with Crippen molar-refractivity contribution < 1.29 is 55.3 Å². The van der Waals surface area contributed by atoms with Gasteiger partial charge in [-0.05, 0) is 0 Å². The van der Waals surface area contributed by atoms with Crippen LogP contribution in [0.1, 0.15) is 0 Å². The van der Waals surface area contributed by atoms with E-state index in [1.54, 1.807) is 0 Å². The van der Waals surface area contributed by atoms with E-state index in [4.69, 9.17) is 14.2 Å². The largest absolute Gasteiger partial charge is 0.459 e. The standard InChI is InChI=1S/C14H11F5O7/c1-2-4(20)24-9-7-5(6-8(25-7)10(9)26-12(6)22)11(21)23-3-13(15,16)14(17,18)19/h2,5-10H,1,3H2. The monoisotopic (exact) mass is 386 g/mol. The molecule has 0 aromatic heterocycles. The Morgan fingerprint density at radius 2 is 1.81 bits per heavy atom. The van der Waals surface area contributed by atoms with Gasteiger partial charge in [0.05, 0.1) is 0 Å². The van der Waals surface area contributed by atoms with Gasteiger partial charge in [-0.15, -0.1) is 0 Å². The number of fused-ring (bicyclic) bond motifs is 1. The van der Waals surface area contributed by atoms with Gasteiger partial charge in [-0.1, -0.05) is 6.58 Å². The third-order valence-electron chi connectivity index (χ3n) is 4.41. The molecular formula is C14H11F5O7. The number of hydrogen-bond donors (Lipinski definition) is 0. The van der Waals surface area contributed by atoms with E-state index in [2.05, 4.69) is 11.3 Å². The molecule has 0 radical (unpaired) electrons. The number of alkyl halides is 5. The van der Waals surface area contributed by atoms with Crippen molar-refractivity contribution in [3.05, 3.63) is 12.7 Å². The summed E-state index contributed by atoms with van der Waals surface area (Å²) in [6.45, 7) is 0.925. The Hall–Kier alpha value is -2.24. The zero-order valence-corrected chi connectivity index (χ0v) is 12.7. The molecule has 3 fully saturated rings. The molecule has 0 spiro atoms. The van der Waals surface area contributed by atoms with Crippen molar-refractivity contribution in [2.24, 2.45) is 11.8 Å². The fraction of sp³-hybridized carbons (Fsp3) is 0.643. The molecule has 6 unspecified atom stereocenters. The minimum atomic E-state index is -5.90. The van der Waals surface area contributed by atoms with Crippen molar-refractivity contribution in [1.29, 1.82) is 0 Å². The molecule has 3 aliphatic heterocycles. The highest BCUT2D eigenvalue weighted by atomic mass is 19.4. The lowest BCUT2D eigenvalue weighted by Gasteiger charge is -2.27. The van der Waals surface area contributed by atoms with Gasteiger partial charge in [-0.3, -0.25) is 9.59 Å². The van der Waals surface area contributed by atoms with Crippen molar-refractivity contribution in [2.75, 3.05) is 6.61 Å². The van der Waals surface area contributed by atoms with Crippen LogP contribution in [0.25, 0.3) is 0 Å². The van der Waals surface area contributed by atoms with Gasteiger partial charge < -0.3 is 18.9 Å². The van der Waals surface area contributed by atoms with Gasteiger partial charge in [0.15, 0.2) is 18.8 Å². The van der Waals surface area contributed by atoms with Crippen molar-refractivity contribution >= 4 is 17.9 Å². The Labute approximate surface area is 142 Å². The summed E-state index contributed by atoms with van der Waals surface area (Å²) in [4.78, 5) is 35.3. The van der Waals surface area contributed by atoms with E-state index in [0.29, 0.717) is 0 Å². The van der Waals surface area contributed by atoms with Gasteiger partial charge in [0.25, 0.3) is 0 Å². The molecule has 12 heteroatoms. The molecular weight excluding hydrogens is 375 g/mol. The second-order valence-corrected chi connectivity index (χ2v) is 5.93. The Morgan fingerprint density at radius 3 is 2.38 bits per heavy atom. The third-order valence-corrected chi connectivity index (χ3v) is 4.41. The number of halogens is 5. The fourth-order valence-corrected chi connectivity index (χ4v) is 3.26. The molecule has 26 heavy (non-hydrogen) atoms. The van der Waals surface area contributed by atoms with Crippen LogP contribution >= 0.6 is 0 Å². The number of carbonyl (C=O) groups excluding carboxylic acids is 3. The Morgan fingerprint density at radius 1 is 1.15 bits per heavy atom. The number of esters is 3. The molecule has 7 nitrogen and oxygen atoms in total. The first-order valence-electron chi connectivity index (χ1n) is 7.28. The van der Waals surface area contributed by atoms with Gasteiger partial charge >= 0.3 is 30.0 Å². The zero-order chi connectivity index (χ0) is 19.4. The zero-order valence-electron chi connectivity index (χ0n) is 12.7. The van der Waals surface area contributed by atoms with Crippen LogP contribution in [0.15, 0.2) is 12.7 Å².